The van der Waals surface area contributed by atoms with Crippen LogP contribution >= 0.6 is 22.7 Å². The summed E-state index contributed by atoms with van der Waals surface area (Å²) in [6, 6.07) is 90.1. The highest BCUT2D eigenvalue weighted by atomic mass is 32.1. The van der Waals surface area contributed by atoms with Crippen molar-refractivity contribution in [2.45, 2.75) is 13.8 Å². The van der Waals surface area contributed by atoms with Gasteiger partial charge in [0.2, 0.25) is 0 Å². The SMILES string of the molecule is Cc1cccc(N(c2ccc(-c3cccc4c3sc3ccccc34)cc2)c2cc3c4ccccc4c(N(c4ccc(-c5cccc6c5sc5ccccc56)cc4)c4cccc(C)c4)cc3c3ccccc23)c1. The summed E-state index contributed by atoms with van der Waals surface area (Å²) in [6.45, 7) is 4.37. The van der Waals surface area contributed by atoms with Crippen LogP contribution < -0.4 is 9.80 Å². The molecule has 14 aromatic rings. The Balaban J connectivity index is 0.943. The number of benzene rings is 12. The number of aryl methyl sites for hydroxylation is 2. The van der Waals surface area contributed by atoms with Gasteiger partial charge in [-0.2, -0.15) is 0 Å². The molecule has 72 heavy (non-hydrogen) atoms. The molecule has 0 N–H and O–H groups in total. The Morgan fingerprint density at radius 2 is 0.625 bits per heavy atom. The molecule has 14 rings (SSSR count). The highest BCUT2D eigenvalue weighted by Crippen LogP contribution is 2.49. The number of fused-ring (bicyclic) bond motifs is 11. The van der Waals surface area contributed by atoms with Crippen LogP contribution in [0.3, 0.4) is 0 Å². The molecule has 0 aliphatic heterocycles. The van der Waals surface area contributed by atoms with Crippen LogP contribution in [0, 0.1) is 13.8 Å². The molecular weight excluding hydrogens is 909 g/mol. The Bertz CT molecular complexity index is 4140. The fourth-order valence-electron chi connectivity index (χ4n) is 11.2. The summed E-state index contributed by atoms with van der Waals surface area (Å²) in [6.07, 6.45) is 0. The van der Waals surface area contributed by atoms with Crippen molar-refractivity contribution in [3.8, 4) is 22.3 Å². The zero-order valence-corrected chi connectivity index (χ0v) is 41.4. The van der Waals surface area contributed by atoms with Gasteiger partial charge in [-0.05, 0) is 142 Å². The first-order valence-corrected chi connectivity index (χ1v) is 26.3. The molecule has 0 radical (unpaired) electrons. The van der Waals surface area contributed by atoms with Crippen molar-refractivity contribution in [3.63, 3.8) is 0 Å². The summed E-state index contributed by atoms with van der Waals surface area (Å²) in [4.78, 5) is 4.92. The first-order chi connectivity index (χ1) is 35.5. The van der Waals surface area contributed by atoms with E-state index >= 15 is 0 Å². The van der Waals surface area contributed by atoms with E-state index in [1.165, 1.54) is 106 Å². The van der Waals surface area contributed by atoms with Crippen molar-refractivity contribution < 1.29 is 0 Å². The Labute approximate surface area is 426 Å². The van der Waals surface area contributed by atoms with Crippen LogP contribution in [-0.2, 0) is 0 Å². The normalized spacial score (nSPS) is 11.8. The zero-order valence-electron chi connectivity index (χ0n) is 39.8. The minimum absolute atomic E-state index is 1.11. The maximum absolute atomic E-state index is 2.46. The molecule has 0 bridgehead atoms. The summed E-state index contributed by atoms with van der Waals surface area (Å²) in [5.74, 6) is 0. The molecule has 0 aliphatic rings. The number of thiophene rings is 2. The summed E-state index contributed by atoms with van der Waals surface area (Å²) in [7, 11) is 0. The van der Waals surface area contributed by atoms with Crippen LogP contribution in [0.15, 0.2) is 243 Å². The molecule has 2 aromatic heterocycles. The summed E-state index contributed by atoms with van der Waals surface area (Å²) >= 11 is 3.76. The largest absolute Gasteiger partial charge is 0.310 e. The second-order valence-corrected chi connectivity index (χ2v) is 21.1. The minimum atomic E-state index is 1.11. The van der Waals surface area contributed by atoms with Crippen molar-refractivity contribution in [2.75, 3.05) is 9.80 Å². The van der Waals surface area contributed by atoms with Gasteiger partial charge in [0.1, 0.15) is 0 Å². The fourth-order valence-corrected chi connectivity index (χ4v) is 13.7. The van der Waals surface area contributed by atoms with Crippen molar-refractivity contribution in [3.05, 3.63) is 254 Å². The highest BCUT2D eigenvalue weighted by molar-refractivity contribution is 7.26. The molecule has 0 amide bonds. The molecular formula is C68H46N2S2. The third kappa shape index (κ3) is 6.98. The number of nitrogens with zero attached hydrogens (tertiary/aromatic N) is 2. The zero-order chi connectivity index (χ0) is 47.9. The molecule has 0 aliphatic carbocycles. The molecule has 0 atom stereocenters. The first kappa shape index (κ1) is 42.3. The number of hydrogen-bond acceptors (Lipinski definition) is 4. The first-order valence-electron chi connectivity index (χ1n) is 24.6. The molecule has 12 aromatic carbocycles. The summed E-state index contributed by atoms with van der Waals surface area (Å²) in [5.41, 5.74) is 14.1. The van der Waals surface area contributed by atoms with Crippen molar-refractivity contribution in [2.24, 2.45) is 0 Å². The van der Waals surface area contributed by atoms with E-state index in [0.29, 0.717) is 0 Å². The maximum atomic E-state index is 2.46. The van der Waals surface area contributed by atoms with E-state index in [1.54, 1.807) is 0 Å². The Hall–Kier alpha value is -8.54. The molecule has 0 saturated heterocycles. The monoisotopic (exact) mass is 954 g/mol. The minimum Gasteiger partial charge on any atom is -0.310 e. The molecule has 4 heteroatoms. The van der Waals surface area contributed by atoms with Crippen molar-refractivity contribution in [1.29, 1.82) is 0 Å². The molecule has 0 saturated carbocycles. The van der Waals surface area contributed by atoms with E-state index in [-0.39, 0.29) is 0 Å². The van der Waals surface area contributed by atoms with Gasteiger partial charge < -0.3 is 9.80 Å². The number of rotatable bonds is 8. The van der Waals surface area contributed by atoms with Gasteiger partial charge in [-0.1, -0.05) is 170 Å². The summed E-state index contributed by atoms with van der Waals surface area (Å²) in [5, 5.41) is 12.5. The van der Waals surface area contributed by atoms with Crippen molar-refractivity contribution >= 4 is 129 Å². The molecule has 2 nitrogen and oxygen atoms in total. The van der Waals surface area contributed by atoms with E-state index < -0.39 is 0 Å². The van der Waals surface area contributed by atoms with E-state index in [4.69, 9.17) is 0 Å². The molecule has 0 unspecified atom stereocenters. The second-order valence-electron chi connectivity index (χ2n) is 19.0. The van der Waals surface area contributed by atoms with E-state index in [0.717, 1.165) is 34.1 Å². The van der Waals surface area contributed by atoms with Gasteiger partial charge in [0.25, 0.3) is 0 Å². The second kappa shape index (κ2) is 17.1. The third-order valence-corrected chi connectivity index (χ3v) is 17.0. The van der Waals surface area contributed by atoms with Crippen LogP contribution in [0.4, 0.5) is 34.1 Å². The quantitative estimate of drug-likeness (QED) is 0.140. The molecule has 0 spiro atoms. The van der Waals surface area contributed by atoms with Crippen LogP contribution in [0.1, 0.15) is 11.1 Å². The molecule has 2 heterocycles. The van der Waals surface area contributed by atoms with Gasteiger partial charge in [0.15, 0.2) is 0 Å². The average molecular weight is 955 g/mol. The van der Waals surface area contributed by atoms with Gasteiger partial charge in [0.05, 0.1) is 11.4 Å². The van der Waals surface area contributed by atoms with Crippen LogP contribution in [-0.4, -0.2) is 0 Å². The predicted octanol–water partition coefficient (Wildman–Crippen LogP) is 20.8. The lowest BCUT2D eigenvalue weighted by Gasteiger charge is -2.30. The Morgan fingerprint density at radius 3 is 1.04 bits per heavy atom. The van der Waals surface area contributed by atoms with Gasteiger partial charge in [-0.3, -0.25) is 0 Å². The maximum Gasteiger partial charge on any atom is 0.0546 e. The smallest absolute Gasteiger partial charge is 0.0546 e. The lowest BCUT2D eigenvalue weighted by atomic mass is 9.93. The van der Waals surface area contributed by atoms with E-state index in [9.17, 15) is 0 Å². The number of anilines is 6. The van der Waals surface area contributed by atoms with E-state index in [1.807, 2.05) is 22.7 Å². The lowest BCUT2D eigenvalue weighted by molar-refractivity contribution is 1.28. The molecule has 0 fully saturated rings. The van der Waals surface area contributed by atoms with Crippen LogP contribution in [0.2, 0.25) is 0 Å². The van der Waals surface area contributed by atoms with Gasteiger partial charge >= 0.3 is 0 Å². The van der Waals surface area contributed by atoms with E-state index in [2.05, 4.69) is 266 Å². The van der Waals surface area contributed by atoms with Crippen LogP contribution in [0.5, 0.6) is 0 Å². The summed E-state index contributed by atoms with van der Waals surface area (Å²) < 4.78 is 5.29. The van der Waals surface area contributed by atoms with Gasteiger partial charge in [-0.15, -0.1) is 22.7 Å². The molecule has 340 valence electrons. The fraction of sp³-hybridized carbons (Fsp3) is 0.0294. The Kier molecular flexibility index (Phi) is 10.1. The highest BCUT2D eigenvalue weighted by Gasteiger charge is 2.23. The van der Waals surface area contributed by atoms with Gasteiger partial charge in [0, 0.05) is 73.9 Å². The average Bonchev–Trinajstić information content (AvgIpc) is 4.01. The topological polar surface area (TPSA) is 6.48 Å². The number of hydrogen-bond donors (Lipinski definition) is 0. The van der Waals surface area contributed by atoms with Crippen LogP contribution in [0.25, 0.3) is 94.9 Å². The predicted molar refractivity (Wildman–Crippen MR) is 314 cm³/mol. The standard InChI is InChI=1S/C68H46N2S2/c1-43-15-11-17-49(39-43)69(47-35-31-45(32-36-47)51-25-13-27-59-57-23-7-9-29-65(57)71-67(51)59)63-41-61-54-20-4-6-22-56(54)64(42-62(61)53-19-3-5-21-55(53)63)70(50-18-12-16-44(2)40-50)48-37-33-46(34-38-48)52-26-14-28-60-58-24-8-10-30-66(58)72-68(52)60/h3-42H,1-2H3. The Morgan fingerprint density at radius 1 is 0.264 bits per heavy atom. The van der Waals surface area contributed by atoms with Gasteiger partial charge in [-0.25, -0.2) is 0 Å². The lowest BCUT2D eigenvalue weighted by Crippen LogP contribution is -2.12. The van der Waals surface area contributed by atoms with Crippen molar-refractivity contribution in [1.82, 2.24) is 0 Å². The third-order valence-electron chi connectivity index (χ3n) is 14.5.